The normalized spacial score (nSPS) is 10.2. The Morgan fingerprint density at radius 3 is 2.47 bits per heavy atom. The van der Waals surface area contributed by atoms with Crippen LogP contribution in [0.25, 0.3) is 0 Å². The largest absolute Gasteiger partial charge is 0.349 e. The lowest BCUT2D eigenvalue weighted by Crippen LogP contribution is -2.25. The minimum Gasteiger partial charge on any atom is -0.349 e. The molecule has 0 radical (unpaired) electrons. The highest BCUT2D eigenvalue weighted by Crippen LogP contribution is 2.16. The van der Waals surface area contributed by atoms with E-state index in [0.717, 1.165) is 44.0 Å². The first-order valence-corrected chi connectivity index (χ1v) is 6.86. The van der Waals surface area contributed by atoms with Crippen molar-refractivity contribution < 1.29 is 0 Å². The molecule has 1 heterocycles. The van der Waals surface area contributed by atoms with Crippen molar-refractivity contribution in [2.24, 2.45) is 0 Å². The van der Waals surface area contributed by atoms with E-state index >= 15 is 0 Å². The van der Waals surface area contributed by atoms with Crippen LogP contribution in [-0.2, 0) is 13.0 Å². The first-order chi connectivity index (χ1) is 9.24. The Hall–Kier alpha value is -1.61. The summed E-state index contributed by atoms with van der Waals surface area (Å²) in [5, 5.41) is 3.20. The molecule has 0 amide bonds. The summed E-state index contributed by atoms with van der Waals surface area (Å²) < 4.78 is 0. The molecule has 3 nitrogen and oxygen atoms in total. The first-order valence-electron chi connectivity index (χ1n) is 6.86. The number of rotatable bonds is 9. The fourth-order valence-corrected chi connectivity index (χ4v) is 2.06. The van der Waals surface area contributed by atoms with E-state index in [1.165, 1.54) is 5.56 Å². The Labute approximate surface area is 117 Å². The van der Waals surface area contributed by atoms with Crippen molar-refractivity contribution in [2.75, 3.05) is 25.0 Å². The van der Waals surface area contributed by atoms with Crippen molar-refractivity contribution in [3.63, 3.8) is 0 Å². The average Bonchev–Trinajstić information content (AvgIpc) is 2.39. The molecule has 0 aromatic carbocycles. The molecule has 0 fully saturated rings. The van der Waals surface area contributed by atoms with Gasteiger partial charge in [0.25, 0.3) is 0 Å². The van der Waals surface area contributed by atoms with Crippen LogP contribution >= 0.6 is 0 Å². The maximum atomic E-state index is 4.75. The van der Waals surface area contributed by atoms with E-state index in [9.17, 15) is 0 Å². The van der Waals surface area contributed by atoms with Gasteiger partial charge in [0.1, 0.15) is 5.82 Å². The Bertz CT molecular complexity index is 378. The molecule has 1 aromatic heterocycles. The van der Waals surface area contributed by atoms with Crippen molar-refractivity contribution in [3.8, 4) is 0 Å². The Morgan fingerprint density at radius 1 is 1.26 bits per heavy atom. The summed E-state index contributed by atoms with van der Waals surface area (Å²) in [6, 6.07) is 4.33. The van der Waals surface area contributed by atoms with E-state index < -0.39 is 0 Å². The minimum atomic E-state index is 0.785. The number of anilines is 1. The Morgan fingerprint density at radius 2 is 1.95 bits per heavy atom. The lowest BCUT2D eigenvalue weighted by molar-refractivity contribution is 0.799. The van der Waals surface area contributed by atoms with E-state index in [1.807, 2.05) is 19.2 Å². The molecular weight excluding hydrogens is 234 g/mol. The van der Waals surface area contributed by atoms with Gasteiger partial charge in [-0.05, 0) is 31.2 Å². The van der Waals surface area contributed by atoms with E-state index in [4.69, 9.17) is 4.98 Å². The van der Waals surface area contributed by atoms with Crippen molar-refractivity contribution in [3.05, 3.63) is 48.7 Å². The van der Waals surface area contributed by atoms with Crippen molar-refractivity contribution in [1.29, 1.82) is 0 Å². The van der Waals surface area contributed by atoms with Crippen LogP contribution in [0.4, 0.5) is 5.82 Å². The maximum Gasteiger partial charge on any atom is 0.129 e. The zero-order chi connectivity index (χ0) is 14.1. The molecule has 0 spiro atoms. The molecule has 0 aliphatic rings. The average molecular weight is 259 g/mol. The van der Waals surface area contributed by atoms with Crippen LogP contribution in [0, 0.1) is 0 Å². The highest BCUT2D eigenvalue weighted by Gasteiger charge is 2.08. The van der Waals surface area contributed by atoms with Crippen LogP contribution < -0.4 is 10.2 Å². The quantitative estimate of drug-likeness (QED) is 0.691. The van der Waals surface area contributed by atoms with Gasteiger partial charge in [0.05, 0.1) is 0 Å². The molecule has 104 valence electrons. The highest BCUT2D eigenvalue weighted by molar-refractivity contribution is 5.44. The van der Waals surface area contributed by atoms with Crippen LogP contribution in [0.1, 0.15) is 24.6 Å². The smallest absolute Gasteiger partial charge is 0.129 e. The first kappa shape index (κ1) is 15.4. The van der Waals surface area contributed by atoms with E-state index in [-0.39, 0.29) is 0 Å². The number of aryl methyl sites for hydroxylation is 1. The zero-order valence-electron chi connectivity index (χ0n) is 12.2. The van der Waals surface area contributed by atoms with Crippen LogP contribution in [0.15, 0.2) is 37.4 Å². The van der Waals surface area contributed by atoms with Gasteiger partial charge in [0.15, 0.2) is 0 Å². The number of nitrogens with one attached hydrogen (secondary N) is 1. The summed E-state index contributed by atoms with van der Waals surface area (Å²) in [5.41, 5.74) is 2.43. The Balaban J connectivity index is 3.06. The predicted molar refractivity (Wildman–Crippen MR) is 83.6 cm³/mol. The predicted octanol–water partition coefficient (Wildman–Crippen LogP) is 2.93. The molecule has 0 saturated carbocycles. The molecule has 0 atom stereocenters. The zero-order valence-corrected chi connectivity index (χ0v) is 12.2. The van der Waals surface area contributed by atoms with Gasteiger partial charge in [-0.2, -0.15) is 0 Å². The molecular formula is C16H25N3. The second-order valence-corrected chi connectivity index (χ2v) is 4.59. The highest BCUT2D eigenvalue weighted by atomic mass is 15.2. The molecule has 0 aliphatic heterocycles. The molecule has 0 unspecified atom stereocenters. The summed E-state index contributed by atoms with van der Waals surface area (Å²) in [5.74, 6) is 1.01. The van der Waals surface area contributed by atoms with Gasteiger partial charge < -0.3 is 10.2 Å². The van der Waals surface area contributed by atoms with Crippen molar-refractivity contribution >= 4 is 5.82 Å². The van der Waals surface area contributed by atoms with Gasteiger partial charge in [-0.25, -0.2) is 4.98 Å². The molecule has 19 heavy (non-hydrogen) atoms. The summed E-state index contributed by atoms with van der Waals surface area (Å²) in [4.78, 5) is 6.92. The van der Waals surface area contributed by atoms with Crippen molar-refractivity contribution in [2.45, 2.75) is 26.3 Å². The molecule has 0 bridgehead atoms. The molecule has 0 saturated heterocycles. The van der Waals surface area contributed by atoms with E-state index in [1.54, 1.807) is 0 Å². The van der Waals surface area contributed by atoms with Gasteiger partial charge in [-0.1, -0.05) is 25.5 Å². The number of hydrogen-bond donors (Lipinski definition) is 1. The van der Waals surface area contributed by atoms with Crippen LogP contribution in [-0.4, -0.2) is 25.1 Å². The summed E-state index contributed by atoms with van der Waals surface area (Å²) in [6.45, 7) is 12.2. The summed E-state index contributed by atoms with van der Waals surface area (Å²) >= 11 is 0. The van der Waals surface area contributed by atoms with Crippen LogP contribution in [0.3, 0.4) is 0 Å². The van der Waals surface area contributed by atoms with Gasteiger partial charge in [-0.15, -0.1) is 13.2 Å². The molecule has 1 N–H and O–H groups in total. The van der Waals surface area contributed by atoms with Gasteiger partial charge in [0, 0.05) is 25.3 Å². The number of aromatic nitrogens is 1. The minimum absolute atomic E-state index is 0.785. The van der Waals surface area contributed by atoms with Crippen molar-refractivity contribution in [1.82, 2.24) is 10.3 Å². The maximum absolute atomic E-state index is 4.75. The topological polar surface area (TPSA) is 28.2 Å². The number of hydrogen-bond acceptors (Lipinski definition) is 3. The van der Waals surface area contributed by atoms with Crippen LogP contribution in [0.5, 0.6) is 0 Å². The van der Waals surface area contributed by atoms with Crippen LogP contribution in [0.2, 0.25) is 0 Å². The van der Waals surface area contributed by atoms with Gasteiger partial charge in [-0.3, -0.25) is 0 Å². The molecule has 1 aromatic rings. The summed E-state index contributed by atoms with van der Waals surface area (Å²) in [7, 11) is 1.96. The number of nitrogens with zero attached hydrogens (tertiary/aromatic N) is 2. The van der Waals surface area contributed by atoms with Gasteiger partial charge in [0.2, 0.25) is 0 Å². The molecule has 3 heteroatoms. The third-order valence-electron chi connectivity index (χ3n) is 2.83. The number of pyridine rings is 1. The fourth-order valence-electron chi connectivity index (χ4n) is 2.06. The fraction of sp³-hybridized carbons (Fsp3) is 0.438. The third-order valence-corrected chi connectivity index (χ3v) is 2.83. The lowest BCUT2D eigenvalue weighted by Gasteiger charge is -2.22. The SMILES string of the molecule is C=CCN(CC=C)c1cc(CNC)cc(CCC)n1. The second-order valence-electron chi connectivity index (χ2n) is 4.59. The second kappa shape index (κ2) is 8.48. The molecule has 0 aliphatic carbocycles. The van der Waals surface area contributed by atoms with E-state index in [2.05, 4.69) is 42.4 Å². The van der Waals surface area contributed by atoms with E-state index in [0.29, 0.717) is 0 Å². The third kappa shape index (κ3) is 4.87. The standard InChI is InChI=1S/C16H25N3/c1-5-8-15-11-14(13-17-4)12-16(18-15)19(9-6-2)10-7-3/h6-7,11-12,17H,2-3,5,8-10,13H2,1,4H3. The Kier molecular flexibility index (Phi) is 6.90. The summed E-state index contributed by atoms with van der Waals surface area (Å²) in [6.07, 6.45) is 5.92. The van der Waals surface area contributed by atoms with Gasteiger partial charge >= 0.3 is 0 Å². The molecule has 1 rings (SSSR count). The monoisotopic (exact) mass is 259 g/mol. The lowest BCUT2D eigenvalue weighted by atomic mass is 10.1.